The lowest BCUT2D eigenvalue weighted by molar-refractivity contribution is -0.0495. The monoisotopic (exact) mass is 377 g/mol. The van der Waals surface area contributed by atoms with Crippen LogP contribution in [0.3, 0.4) is 0 Å². The molecule has 142 valence electrons. The van der Waals surface area contributed by atoms with Crippen molar-refractivity contribution in [2.75, 3.05) is 13.2 Å². The van der Waals surface area contributed by atoms with Gasteiger partial charge in [0.15, 0.2) is 11.5 Å². The van der Waals surface area contributed by atoms with E-state index in [0.717, 1.165) is 0 Å². The molecule has 0 saturated carbocycles. The van der Waals surface area contributed by atoms with Gasteiger partial charge in [-0.1, -0.05) is 12.1 Å². The highest BCUT2D eigenvalue weighted by atomic mass is 19.3. The molecule has 0 saturated heterocycles. The van der Waals surface area contributed by atoms with E-state index >= 15 is 0 Å². The predicted octanol–water partition coefficient (Wildman–Crippen LogP) is 4.25. The summed E-state index contributed by atoms with van der Waals surface area (Å²) in [5, 5.41) is 0.193. The minimum Gasteiger partial charge on any atom is -0.490 e. The minimum atomic E-state index is -3.02. The number of aromatic nitrogens is 1. The zero-order chi connectivity index (χ0) is 19.4. The average molecular weight is 377 g/mol. The summed E-state index contributed by atoms with van der Waals surface area (Å²) in [4.78, 5) is 16.7. The number of fused-ring (bicyclic) bond motifs is 1. The highest BCUT2D eigenvalue weighted by molar-refractivity contribution is 5.83. The number of rotatable bonds is 7. The van der Waals surface area contributed by atoms with Crippen molar-refractivity contribution in [2.24, 2.45) is 0 Å². The third-order valence-electron chi connectivity index (χ3n) is 3.63. The maximum atomic E-state index is 12.6. The second kappa shape index (κ2) is 8.03. The Labute approximate surface area is 153 Å². The lowest BCUT2D eigenvalue weighted by atomic mass is 10.2. The van der Waals surface area contributed by atoms with Crippen molar-refractivity contribution in [3.05, 3.63) is 46.8 Å². The molecule has 0 N–H and O–H groups in total. The van der Waals surface area contributed by atoms with Gasteiger partial charge in [-0.05, 0) is 26.0 Å². The van der Waals surface area contributed by atoms with Gasteiger partial charge in [0, 0.05) is 12.1 Å². The maximum Gasteiger partial charge on any atom is 0.387 e. The number of benzene rings is 2. The Balaban J connectivity index is 2.17. The van der Waals surface area contributed by atoms with Crippen molar-refractivity contribution in [2.45, 2.75) is 20.5 Å². The first-order valence-corrected chi connectivity index (χ1v) is 8.32. The summed E-state index contributed by atoms with van der Waals surface area (Å²) >= 11 is 0. The molecule has 0 unspecified atom stereocenters. The summed E-state index contributed by atoms with van der Waals surface area (Å²) < 4.78 is 46.0. The Bertz CT molecular complexity index is 1000. The van der Waals surface area contributed by atoms with Crippen LogP contribution in [0.4, 0.5) is 8.78 Å². The third kappa shape index (κ3) is 3.99. The lowest BCUT2D eigenvalue weighted by Crippen LogP contribution is -2.07. The molecule has 0 fully saturated rings. The molecule has 1 aromatic heterocycles. The first-order valence-electron chi connectivity index (χ1n) is 8.32. The average Bonchev–Trinajstić information content (AvgIpc) is 2.63. The van der Waals surface area contributed by atoms with Crippen molar-refractivity contribution < 1.29 is 27.4 Å². The molecule has 27 heavy (non-hydrogen) atoms. The van der Waals surface area contributed by atoms with E-state index in [0.29, 0.717) is 30.2 Å². The van der Waals surface area contributed by atoms with Gasteiger partial charge < -0.3 is 18.6 Å². The van der Waals surface area contributed by atoms with E-state index in [4.69, 9.17) is 13.9 Å². The van der Waals surface area contributed by atoms with Gasteiger partial charge in [-0.25, -0.2) is 9.78 Å². The molecule has 1 heterocycles. The standard InChI is InChI=1S/C19H17F2NO5/c1-3-24-15-9-12-13(10-16(15)25-4-2)22-17(27-18(12)23)11-7-5-6-8-14(11)26-19(20)21/h5-10,19H,3-4H2,1-2H3. The normalized spacial score (nSPS) is 11.0. The van der Waals surface area contributed by atoms with Crippen molar-refractivity contribution in [3.63, 3.8) is 0 Å². The van der Waals surface area contributed by atoms with E-state index in [1.165, 1.54) is 24.3 Å². The zero-order valence-corrected chi connectivity index (χ0v) is 14.7. The van der Waals surface area contributed by atoms with Crippen LogP contribution in [0.5, 0.6) is 17.2 Å². The van der Waals surface area contributed by atoms with E-state index in [9.17, 15) is 13.6 Å². The van der Waals surface area contributed by atoms with Crippen LogP contribution in [0.1, 0.15) is 13.8 Å². The molecular weight excluding hydrogens is 360 g/mol. The second-order valence-corrected chi connectivity index (χ2v) is 5.36. The fraction of sp³-hybridized carbons (Fsp3) is 0.263. The number of para-hydroxylation sites is 1. The number of hydrogen-bond acceptors (Lipinski definition) is 6. The quantitative estimate of drug-likeness (QED) is 0.613. The van der Waals surface area contributed by atoms with Crippen LogP contribution in [0.25, 0.3) is 22.4 Å². The van der Waals surface area contributed by atoms with E-state index in [-0.39, 0.29) is 22.6 Å². The van der Waals surface area contributed by atoms with Crippen LogP contribution in [0.2, 0.25) is 0 Å². The van der Waals surface area contributed by atoms with Gasteiger partial charge in [0.05, 0.1) is 29.7 Å². The van der Waals surface area contributed by atoms with Crippen LogP contribution < -0.4 is 19.8 Å². The number of alkyl halides is 2. The van der Waals surface area contributed by atoms with Crippen molar-refractivity contribution >= 4 is 10.9 Å². The Morgan fingerprint density at radius 2 is 1.70 bits per heavy atom. The van der Waals surface area contributed by atoms with Gasteiger partial charge in [0.25, 0.3) is 0 Å². The van der Waals surface area contributed by atoms with Crippen LogP contribution >= 0.6 is 0 Å². The summed E-state index contributed by atoms with van der Waals surface area (Å²) in [5.74, 6) is 0.553. The SMILES string of the molecule is CCOc1cc2nc(-c3ccccc3OC(F)F)oc(=O)c2cc1OCC. The van der Waals surface area contributed by atoms with Gasteiger partial charge in [-0.3, -0.25) is 0 Å². The largest absolute Gasteiger partial charge is 0.490 e. The number of nitrogens with zero attached hydrogens (tertiary/aromatic N) is 1. The molecule has 0 aliphatic rings. The summed E-state index contributed by atoms with van der Waals surface area (Å²) in [7, 11) is 0. The molecule has 6 nitrogen and oxygen atoms in total. The molecule has 3 rings (SSSR count). The number of ether oxygens (including phenoxy) is 3. The molecule has 3 aromatic rings. The molecule has 0 aliphatic heterocycles. The zero-order valence-electron chi connectivity index (χ0n) is 14.7. The van der Waals surface area contributed by atoms with E-state index in [2.05, 4.69) is 9.72 Å². The summed E-state index contributed by atoms with van der Waals surface area (Å²) in [6, 6.07) is 9.00. The molecule has 0 radical (unpaired) electrons. The number of hydrogen-bond donors (Lipinski definition) is 0. The Kier molecular flexibility index (Phi) is 5.54. The van der Waals surface area contributed by atoms with Gasteiger partial charge in [-0.15, -0.1) is 0 Å². The Morgan fingerprint density at radius 1 is 1.04 bits per heavy atom. The molecular formula is C19H17F2NO5. The van der Waals surface area contributed by atoms with Gasteiger partial charge in [0.1, 0.15) is 5.75 Å². The predicted molar refractivity (Wildman–Crippen MR) is 94.7 cm³/mol. The van der Waals surface area contributed by atoms with E-state index in [1.54, 1.807) is 12.1 Å². The van der Waals surface area contributed by atoms with E-state index in [1.807, 2.05) is 13.8 Å². The molecule has 8 heteroatoms. The fourth-order valence-corrected chi connectivity index (χ4v) is 2.57. The Morgan fingerprint density at radius 3 is 2.37 bits per heavy atom. The Hall–Kier alpha value is -3.16. The second-order valence-electron chi connectivity index (χ2n) is 5.36. The summed E-state index contributed by atoms with van der Waals surface area (Å²) in [5.41, 5.74) is -0.241. The topological polar surface area (TPSA) is 70.8 Å². The molecule has 0 spiro atoms. The maximum absolute atomic E-state index is 12.6. The highest BCUT2D eigenvalue weighted by Gasteiger charge is 2.17. The molecule has 2 aromatic carbocycles. The first kappa shape index (κ1) is 18.6. The fourth-order valence-electron chi connectivity index (χ4n) is 2.57. The summed E-state index contributed by atoms with van der Waals surface area (Å²) in [6.45, 7) is 1.39. The third-order valence-corrected chi connectivity index (χ3v) is 3.63. The van der Waals surface area contributed by atoms with Crippen molar-refractivity contribution in [3.8, 4) is 28.7 Å². The lowest BCUT2D eigenvalue weighted by Gasteiger charge is -2.12. The van der Waals surface area contributed by atoms with Gasteiger partial charge in [0.2, 0.25) is 5.89 Å². The first-order chi connectivity index (χ1) is 13.0. The smallest absolute Gasteiger partial charge is 0.387 e. The van der Waals surface area contributed by atoms with Gasteiger partial charge >= 0.3 is 12.2 Å². The van der Waals surface area contributed by atoms with Crippen LogP contribution in [-0.4, -0.2) is 24.8 Å². The van der Waals surface area contributed by atoms with Crippen LogP contribution in [-0.2, 0) is 0 Å². The van der Waals surface area contributed by atoms with E-state index < -0.39 is 12.2 Å². The number of halogens is 2. The molecule has 0 bridgehead atoms. The molecule has 0 aliphatic carbocycles. The van der Waals surface area contributed by atoms with Crippen molar-refractivity contribution in [1.29, 1.82) is 0 Å². The minimum absolute atomic E-state index is 0.129. The van der Waals surface area contributed by atoms with Gasteiger partial charge in [-0.2, -0.15) is 8.78 Å². The van der Waals surface area contributed by atoms with Crippen LogP contribution in [0, 0.1) is 0 Å². The molecule has 0 atom stereocenters. The summed E-state index contributed by atoms with van der Waals surface area (Å²) in [6.07, 6.45) is 0. The highest BCUT2D eigenvalue weighted by Crippen LogP contribution is 2.34. The molecule has 0 amide bonds. The van der Waals surface area contributed by atoms with Crippen LogP contribution in [0.15, 0.2) is 45.6 Å². The van der Waals surface area contributed by atoms with Crippen molar-refractivity contribution in [1.82, 2.24) is 4.98 Å².